The van der Waals surface area contributed by atoms with E-state index in [-0.39, 0.29) is 23.6 Å². The number of pyridine rings is 1. The molecule has 3 aromatic rings. The third kappa shape index (κ3) is 3.99. The molecule has 0 saturated carbocycles. The molecule has 1 fully saturated rings. The van der Waals surface area contributed by atoms with E-state index in [1.54, 1.807) is 18.3 Å². The van der Waals surface area contributed by atoms with Crippen LogP contribution in [0.4, 0.5) is 8.78 Å². The van der Waals surface area contributed by atoms with Crippen molar-refractivity contribution in [3.63, 3.8) is 0 Å². The molecule has 0 unspecified atom stereocenters. The van der Waals surface area contributed by atoms with E-state index in [9.17, 15) is 13.6 Å². The highest BCUT2D eigenvalue weighted by molar-refractivity contribution is 5.48. The van der Waals surface area contributed by atoms with Gasteiger partial charge in [0.2, 0.25) is 0 Å². The number of H-pyrrole nitrogens is 1. The van der Waals surface area contributed by atoms with E-state index in [2.05, 4.69) is 15.0 Å². The van der Waals surface area contributed by atoms with E-state index in [0.29, 0.717) is 23.8 Å². The number of rotatable bonds is 4. The fraction of sp³-hybridized carbons (Fsp3) is 0.286. The van der Waals surface area contributed by atoms with Crippen LogP contribution in [0.15, 0.2) is 53.5 Å². The standard InChI is InChI=1S/C21H20F2N4O/c22-16-6-3-7-17(23)15(16)13-27-10-4-5-14(12-27)19-11-20(28)26-21(25-19)18-8-1-2-9-24-18/h1-3,6-9,11,14H,4-5,10,12-13H2,(H,25,26,28)/t14-/m1/s1. The van der Waals surface area contributed by atoms with Crippen LogP contribution in [-0.4, -0.2) is 32.9 Å². The van der Waals surface area contributed by atoms with Gasteiger partial charge in [0.25, 0.3) is 5.56 Å². The van der Waals surface area contributed by atoms with Gasteiger partial charge in [0.05, 0.1) is 5.69 Å². The number of aromatic amines is 1. The van der Waals surface area contributed by atoms with Gasteiger partial charge in [-0.25, -0.2) is 13.8 Å². The number of hydrogen-bond acceptors (Lipinski definition) is 4. The molecule has 1 atom stereocenters. The van der Waals surface area contributed by atoms with Crippen molar-refractivity contribution in [2.45, 2.75) is 25.3 Å². The van der Waals surface area contributed by atoms with E-state index < -0.39 is 11.6 Å². The number of hydrogen-bond donors (Lipinski definition) is 1. The lowest BCUT2D eigenvalue weighted by Crippen LogP contribution is -2.35. The van der Waals surface area contributed by atoms with Crippen LogP contribution in [0, 0.1) is 11.6 Å². The van der Waals surface area contributed by atoms with Crippen molar-refractivity contribution < 1.29 is 8.78 Å². The number of halogens is 2. The molecule has 1 aliphatic rings. The highest BCUT2D eigenvalue weighted by atomic mass is 19.1. The summed E-state index contributed by atoms with van der Waals surface area (Å²) in [5, 5.41) is 0. The molecule has 0 amide bonds. The highest BCUT2D eigenvalue weighted by Gasteiger charge is 2.25. The summed E-state index contributed by atoms with van der Waals surface area (Å²) < 4.78 is 28.0. The predicted octanol–water partition coefficient (Wildman–Crippen LogP) is 3.49. The molecule has 28 heavy (non-hydrogen) atoms. The van der Waals surface area contributed by atoms with Gasteiger partial charge in [-0.3, -0.25) is 14.7 Å². The molecule has 4 rings (SSSR count). The second-order valence-corrected chi connectivity index (χ2v) is 7.01. The van der Waals surface area contributed by atoms with Crippen LogP contribution in [-0.2, 0) is 6.54 Å². The molecule has 1 saturated heterocycles. The molecule has 0 bridgehead atoms. The van der Waals surface area contributed by atoms with Crippen molar-refractivity contribution in [2.24, 2.45) is 0 Å². The second-order valence-electron chi connectivity index (χ2n) is 7.01. The summed E-state index contributed by atoms with van der Waals surface area (Å²) in [6.45, 7) is 1.54. The van der Waals surface area contributed by atoms with Crippen molar-refractivity contribution in [1.29, 1.82) is 0 Å². The van der Waals surface area contributed by atoms with Gasteiger partial charge in [-0.15, -0.1) is 0 Å². The van der Waals surface area contributed by atoms with Gasteiger partial charge in [-0.2, -0.15) is 0 Å². The van der Waals surface area contributed by atoms with Gasteiger partial charge in [0, 0.05) is 36.8 Å². The van der Waals surface area contributed by atoms with Crippen LogP contribution < -0.4 is 5.56 Å². The minimum atomic E-state index is -0.533. The average molecular weight is 382 g/mol. The normalized spacial score (nSPS) is 17.6. The fourth-order valence-electron chi connectivity index (χ4n) is 3.66. The van der Waals surface area contributed by atoms with Gasteiger partial charge in [0.1, 0.15) is 17.3 Å². The summed E-state index contributed by atoms with van der Waals surface area (Å²) in [4.78, 5) is 25.7. The summed E-state index contributed by atoms with van der Waals surface area (Å²) in [5.41, 5.74) is 1.13. The molecule has 1 N–H and O–H groups in total. The molecular weight excluding hydrogens is 362 g/mol. The van der Waals surface area contributed by atoms with Crippen LogP contribution in [0.5, 0.6) is 0 Å². The van der Waals surface area contributed by atoms with Gasteiger partial charge in [-0.05, 0) is 43.7 Å². The van der Waals surface area contributed by atoms with Crippen molar-refractivity contribution in [1.82, 2.24) is 19.9 Å². The quantitative estimate of drug-likeness (QED) is 0.750. The Balaban J connectivity index is 1.57. The van der Waals surface area contributed by atoms with Gasteiger partial charge in [-0.1, -0.05) is 12.1 Å². The summed E-state index contributed by atoms with van der Waals surface area (Å²) in [6.07, 6.45) is 3.38. The Hall–Kier alpha value is -2.93. The molecule has 2 aromatic heterocycles. The molecule has 0 spiro atoms. The zero-order valence-corrected chi connectivity index (χ0v) is 15.2. The van der Waals surface area contributed by atoms with E-state index in [0.717, 1.165) is 19.4 Å². The largest absolute Gasteiger partial charge is 0.305 e. The molecule has 144 valence electrons. The molecular formula is C21H20F2N4O. The van der Waals surface area contributed by atoms with Crippen LogP contribution in [0.3, 0.4) is 0 Å². The first kappa shape index (κ1) is 18.4. The van der Waals surface area contributed by atoms with Crippen LogP contribution >= 0.6 is 0 Å². The van der Waals surface area contributed by atoms with E-state index in [1.165, 1.54) is 24.3 Å². The predicted molar refractivity (Wildman–Crippen MR) is 102 cm³/mol. The monoisotopic (exact) mass is 382 g/mol. The molecule has 1 aliphatic heterocycles. The van der Waals surface area contributed by atoms with Gasteiger partial charge < -0.3 is 4.98 Å². The number of likely N-dealkylation sites (tertiary alicyclic amines) is 1. The molecule has 3 heterocycles. The first-order valence-electron chi connectivity index (χ1n) is 9.28. The molecule has 0 aliphatic carbocycles. The van der Waals surface area contributed by atoms with E-state index in [1.807, 2.05) is 11.0 Å². The smallest absolute Gasteiger partial charge is 0.251 e. The number of aromatic nitrogens is 3. The maximum atomic E-state index is 14.0. The maximum absolute atomic E-state index is 14.0. The molecule has 7 heteroatoms. The first-order chi connectivity index (χ1) is 13.6. The highest BCUT2D eigenvalue weighted by Crippen LogP contribution is 2.27. The first-order valence-corrected chi connectivity index (χ1v) is 9.28. The molecule has 5 nitrogen and oxygen atoms in total. The van der Waals surface area contributed by atoms with E-state index >= 15 is 0 Å². The summed E-state index contributed by atoms with van der Waals surface area (Å²) in [6, 6.07) is 10.8. The fourth-order valence-corrected chi connectivity index (χ4v) is 3.66. The Kier molecular flexibility index (Phi) is 5.25. The Labute approximate surface area is 161 Å². The maximum Gasteiger partial charge on any atom is 0.251 e. The van der Waals surface area contributed by atoms with Gasteiger partial charge >= 0.3 is 0 Å². The zero-order chi connectivity index (χ0) is 19.5. The number of nitrogens with one attached hydrogen (secondary N) is 1. The molecule has 0 radical (unpaired) electrons. The minimum absolute atomic E-state index is 0.0216. The third-order valence-corrected chi connectivity index (χ3v) is 5.04. The Morgan fingerprint density at radius 2 is 1.96 bits per heavy atom. The topological polar surface area (TPSA) is 61.9 Å². The minimum Gasteiger partial charge on any atom is -0.305 e. The van der Waals surface area contributed by atoms with Crippen LogP contribution in [0.2, 0.25) is 0 Å². The van der Waals surface area contributed by atoms with Gasteiger partial charge in [0.15, 0.2) is 5.82 Å². The van der Waals surface area contributed by atoms with Crippen molar-refractivity contribution in [2.75, 3.05) is 13.1 Å². The summed E-state index contributed by atoms with van der Waals surface area (Å²) >= 11 is 0. The van der Waals surface area contributed by atoms with Crippen LogP contribution in [0.25, 0.3) is 11.5 Å². The van der Waals surface area contributed by atoms with E-state index in [4.69, 9.17) is 0 Å². The van der Waals surface area contributed by atoms with Crippen molar-refractivity contribution in [3.05, 3.63) is 81.9 Å². The third-order valence-electron chi connectivity index (χ3n) is 5.04. The summed E-state index contributed by atoms with van der Waals surface area (Å²) in [5.74, 6) is -0.614. The Morgan fingerprint density at radius 1 is 1.14 bits per heavy atom. The summed E-state index contributed by atoms with van der Waals surface area (Å²) in [7, 11) is 0. The lowest BCUT2D eigenvalue weighted by atomic mass is 9.94. The number of piperidine rings is 1. The lowest BCUT2D eigenvalue weighted by Gasteiger charge is -2.32. The SMILES string of the molecule is O=c1cc([C@@H]2CCCN(Cc3c(F)cccc3F)C2)nc(-c2ccccn2)[nH]1. The zero-order valence-electron chi connectivity index (χ0n) is 15.2. The van der Waals surface area contributed by atoms with Crippen LogP contribution in [0.1, 0.15) is 30.0 Å². The number of nitrogens with zero attached hydrogens (tertiary/aromatic N) is 3. The second kappa shape index (κ2) is 7.98. The number of benzene rings is 1. The Morgan fingerprint density at radius 3 is 2.71 bits per heavy atom. The Bertz CT molecular complexity index is 1000. The lowest BCUT2D eigenvalue weighted by molar-refractivity contribution is 0.194. The average Bonchev–Trinajstić information content (AvgIpc) is 2.71. The van der Waals surface area contributed by atoms with Crippen molar-refractivity contribution >= 4 is 0 Å². The van der Waals surface area contributed by atoms with Crippen molar-refractivity contribution in [3.8, 4) is 11.5 Å². The molecule has 1 aromatic carbocycles.